The first kappa shape index (κ1) is 35.9. The normalized spacial score (nSPS) is 14.2. The Bertz CT molecular complexity index is 3280. The van der Waals surface area contributed by atoms with E-state index in [0.717, 1.165) is 17.1 Å². The summed E-state index contributed by atoms with van der Waals surface area (Å²) >= 11 is 0. The minimum absolute atomic E-state index is 0.540. The lowest BCUT2D eigenvalue weighted by atomic mass is 9.68. The van der Waals surface area contributed by atoms with Crippen LogP contribution in [0.15, 0.2) is 249 Å². The minimum atomic E-state index is -0.540. The quantitative estimate of drug-likeness (QED) is 0.155. The maximum absolute atomic E-state index is 2.45. The molecule has 62 heavy (non-hydrogen) atoms. The van der Waals surface area contributed by atoms with Gasteiger partial charge in [0.15, 0.2) is 0 Å². The topological polar surface area (TPSA) is 3.24 Å². The fourth-order valence-corrected chi connectivity index (χ4v) is 10.5. The number of anilines is 3. The van der Waals surface area contributed by atoms with Gasteiger partial charge >= 0.3 is 0 Å². The van der Waals surface area contributed by atoms with Crippen molar-refractivity contribution >= 4 is 17.1 Å². The van der Waals surface area contributed by atoms with E-state index in [1.807, 2.05) is 0 Å². The standard InChI is InChI=1S/C61H41N/c1-4-19-42(20-5-1)44-37-39-47(40-38-44)62(48-26-16-25-46(41-48)43-21-6-2-7-22-43)58-36-15-12-28-51(58)53-32-17-31-52-50-27-10-13-33-55(50)61(60(52)53)56-34-14-11-29-54(56)59-49(30-18-35-57(59)61)45-23-8-3-9-24-45/h1-41H. The van der Waals surface area contributed by atoms with Crippen molar-refractivity contribution in [2.75, 3.05) is 4.90 Å². The van der Waals surface area contributed by atoms with Gasteiger partial charge in [-0.3, -0.25) is 0 Å². The molecule has 1 unspecified atom stereocenters. The van der Waals surface area contributed by atoms with E-state index in [2.05, 4.69) is 254 Å². The maximum Gasteiger partial charge on any atom is 0.0731 e. The first-order valence-corrected chi connectivity index (χ1v) is 21.5. The van der Waals surface area contributed by atoms with E-state index >= 15 is 0 Å². The van der Waals surface area contributed by atoms with Crippen LogP contribution in [-0.2, 0) is 5.41 Å². The van der Waals surface area contributed by atoms with Gasteiger partial charge in [-0.1, -0.05) is 218 Å². The van der Waals surface area contributed by atoms with Gasteiger partial charge in [-0.15, -0.1) is 0 Å². The number of para-hydroxylation sites is 1. The summed E-state index contributed by atoms with van der Waals surface area (Å²) in [5.41, 5.74) is 23.0. The fourth-order valence-electron chi connectivity index (χ4n) is 10.5. The van der Waals surface area contributed by atoms with Crippen LogP contribution in [0.25, 0.3) is 66.8 Å². The van der Waals surface area contributed by atoms with Crippen molar-refractivity contribution in [2.24, 2.45) is 0 Å². The molecule has 0 bridgehead atoms. The van der Waals surface area contributed by atoms with Gasteiger partial charge in [-0.05, 0) is 114 Å². The third-order valence-corrected chi connectivity index (χ3v) is 13.1. The zero-order chi connectivity index (χ0) is 41.0. The number of hydrogen-bond donors (Lipinski definition) is 0. The summed E-state index contributed by atoms with van der Waals surface area (Å²) in [6.45, 7) is 0. The highest BCUT2D eigenvalue weighted by Gasteiger charge is 2.53. The Morgan fingerprint density at radius 1 is 0.258 bits per heavy atom. The average molecular weight is 788 g/mol. The lowest BCUT2D eigenvalue weighted by molar-refractivity contribution is 0.796. The van der Waals surface area contributed by atoms with Crippen LogP contribution in [0.2, 0.25) is 0 Å². The average Bonchev–Trinajstić information content (AvgIpc) is 3.83. The smallest absolute Gasteiger partial charge is 0.0731 e. The Kier molecular flexibility index (Phi) is 8.47. The van der Waals surface area contributed by atoms with E-state index in [-0.39, 0.29) is 0 Å². The van der Waals surface area contributed by atoms with Crippen LogP contribution < -0.4 is 4.90 Å². The lowest BCUT2D eigenvalue weighted by Gasteiger charge is -2.34. The highest BCUT2D eigenvalue weighted by molar-refractivity contribution is 6.03. The molecule has 2 aliphatic rings. The van der Waals surface area contributed by atoms with Crippen LogP contribution in [0.3, 0.4) is 0 Å². The summed E-state index contributed by atoms with van der Waals surface area (Å²) in [5.74, 6) is 0. The predicted octanol–water partition coefficient (Wildman–Crippen LogP) is 16.2. The van der Waals surface area contributed by atoms with Crippen LogP contribution in [0.4, 0.5) is 17.1 Å². The summed E-state index contributed by atoms with van der Waals surface area (Å²) in [6, 6.07) is 91.5. The summed E-state index contributed by atoms with van der Waals surface area (Å²) < 4.78 is 0. The van der Waals surface area contributed by atoms with Crippen LogP contribution in [0.5, 0.6) is 0 Å². The van der Waals surface area contributed by atoms with Crippen LogP contribution in [-0.4, -0.2) is 0 Å². The molecule has 0 N–H and O–H groups in total. The largest absolute Gasteiger partial charge is 0.310 e. The molecular formula is C61H41N. The molecule has 0 saturated carbocycles. The van der Waals surface area contributed by atoms with E-state index in [9.17, 15) is 0 Å². The van der Waals surface area contributed by atoms with Crippen molar-refractivity contribution < 1.29 is 0 Å². The second-order valence-corrected chi connectivity index (χ2v) is 16.3. The van der Waals surface area contributed by atoms with E-state index in [1.165, 1.54) is 89.0 Å². The molecule has 0 fully saturated rings. The molecule has 0 radical (unpaired) electrons. The molecule has 10 aromatic carbocycles. The highest BCUT2D eigenvalue weighted by atomic mass is 15.1. The fraction of sp³-hybridized carbons (Fsp3) is 0.0164. The number of benzene rings is 10. The number of hydrogen-bond acceptors (Lipinski definition) is 1. The van der Waals surface area contributed by atoms with Crippen molar-refractivity contribution in [2.45, 2.75) is 5.41 Å². The third-order valence-electron chi connectivity index (χ3n) is 13.1. The van der Waals surface area contributed by atoms with Gasteiger partial charge in [0.25, 0.3) is 0 Å². The number of nitrogens with zero attached hydrogens (tertiary/aromatic N) is 1. The predicted molar refractivity (Wildman–Crippen MR) is 259 cm³/mol. The van der Waals surface area contributed by atoms with Crippen LogP contribution in [0.1, 0.15) is 22.3 Å². The van der Waals surface area contributed by atoms with Gasteiger partial charge in [0.2, 0.25) is 0 Å². The summed E-state index contributed by atoms with van der Waals surface area (Å²) in [4.78, 5) is 2.45. The summed E-state index contributed by atoms with van der Waals surface area (Å²) in [7, 11) is 0. The van der Waals surface area contributed by atoms with E-state index in [0.29, 0.717) is 0 Å². The molecule has 12 rings (SSSR count). The van der Waals surface area contributed by atoms with E-state index < -0.39 is 5.41 Å². The van der Waals surface area contributed by atoms with Gasteiger partial charge in [0.1, 0.15) is 0 Å². The molecule has 0 aliphatic heterocycles. The molecular weight excluding hydrogens is 747 g/mol. The Balaban J connectivity index is 1.12. The zero-order valence-corrected chi connectivity index (χ0v) is 34.1. The molecule has 1 atom stereocenters. The van der Waals surface area contributed by atoms with Crippen molar-refractivity contribution in [3.8, 4) is 66.8 Å². The van der Waals surface area contributed by atoms with E-state index in [1.54, 1.807) is 0 Å². The molecule has 0 heterocycles. The molecule has 1 nitrogen and oxygen atoms in total. The third kappa shape index (κ3) is 5.49. The maximum atomic E-state index is 2.45. The highest BCUT2D eigenvalue weighted by Crippen LogP contribution is 2.66. The van der Waals surface area contributed by atoms with Crippen molar-refractivity contribution in [1.82, 2.24) is 0 Å². The second-order valence-electron chi connectivity index (χ2n) is 16.3. The zero-order valence-electron chi connectivity index (χ0n) is 34.1. The molecule has 1 spiro atoms. The van der Waals surface area contributed by atoms with Crippen molar-refractivity contribution in [1.29, 1.82) is 0 Å². The summed E-state index contributed by atoms with van der Waals surface area (Å²) in [6.07, 6.45) is 0. The molecule has 0 saturated heterocycles. The first-order valence-electron chi connectivity index (χ1n) is 21.5. The molecule has 2 aliphatic carbocycles. The summed E-state index contributed by atoms with van der Waals surface area (Å²) in [5, 5.41) is 0. The first-order chi connectivity index (χ1) is 30.8. The Morgan fingerprint density at radius 2 is 0.710 bits per heavy atom. The Hall–Kier alpha value is -8.00. The van der Waals surface area contributed by atoms with Gasteiger partial charge in [0, 0.05) is 16.9 Å². The Labute approximate surface area is 363 Å². The monoisotopic (exact) mass is 787 g/mol. The molecule has 10 aromatic rings. The number of fused-ring (bicyclic) bond motifs is 10. The minimum Gasteiger partial charge on any atom is -0.310 e. The molecule has 0 aromatic heterocycles. The van der Waals surface area contributed by atoms with Gasteiger partial charge < -0.3 is 4.90 Å². The van der Waals surface area contributed by atoms with Gasteiger partial charge in [-0.25, -0.2) is 0 Å². The molecule has 0 amide bonds. The van der Waals surface area contributed by atoms with Crippen LogP contribution in [0, 0.1) is 0 Å². The molecule has 290 valence electrons. The van der Waals surface area contributed by atoms with Gasteiger partial charge in [0.05, 0.1) is 11.1 Å². The van der Waals surface area contributed by atoms with Crippen molar-refractivity contribution in [3.63, 3.8) is 0 Å². The van der Waals surface area contributed by atoms with Crippen LogP contribution >= 0.6 is 0 Å². The number of rotatable bonds is 7. The SMILES string of the molecule is c1ccc(-c2ccc(N(c3cccc(-c4ccccc4)c3)c3ccccc3-c3cccc4c3C3(c5ccccc5-4)c4ccccc4-c4c(-c5ccccc5)cccc43)cc2)cc1. The molecule has 1 heteroatoms. The van der Waals surface area contributed by atoms with Crippen molar-refractivity contribution in [3.05, 3.63) is 271 Å². The van der Waals surface area contributed by atoms with E-state index in [4.69, 9.17) is 0 Å². The lowest BCUT2D eigenvalue weighted by Crippen LogP contribution is -2.26. The van der Waals surface area contributed by atoms with Gasteiger partial charge in [-0.2, -0.15) is 0 Å². The Morgan fingerprint density at radius 3 is 1.42 bits per heavy atom. The second kappa shape index (κ2) is 14.6.